The molecule has 0 bridgehead atoms. The third-order valence-corrected chi connectivity index (χ3v) is 3.75. The molecule has 1 aliphatic rings. The minimum Gasteiger partial charge on any atom is -0.373 e. The molecule has 0 spiro atoms. The molecule has 102 valence electrons. The Bertz CT molecular complexity index is 543. The van der Waals surface area contributed by atoms with Crippen LogP contribution < -0.4 is 5.32 Å². The molecule has 0 aliphatic carbocycles. The van der Waals surface area contributed by atoms with Crippen LogP contribution in [0.1, 0.15) is 25.5 Å². The van der Waals surface area contributed by atoms with E-state index in [1.807, 2.05) is 4.68 Å². The van der Waals surface area contributed by atoms with Gasteiger partial charge < -0.3 is 10.1 Å². The van der Waals surface area contributed by atoms with E-state index < -0.39 is 0 Å². The van der Waals surface area contributed by atoms with Crippen molar-refractivity contribution in [1.29, 1.82) is 0 Å². The highest BCUT2D eigenvalue weighted by Gasteiger charge is 2.15. The summed E-state index contributed by atoms with van der Waals surface area (Å²) in [6.07, 6.45) is 2.49. The molecule has 4 heteroatoms. The van der Waals surface area contributed by atoms with E-state index in [-0.39, 0.29) is 0 Å². The predicted octanol–water partition coefficient (Wildman–Crippen LogP) is 2.32. The van der Waals surface area contributed by atoms with Crippen LogP contribution in [0.4, 0.5) is 0 Å². The van der Waals surface area contributed by atoms with E-state index >= 15 is 0 Å². The van der Waals surface area contributed by atoms with Crippen LogP contribution in [-0.2, 0) is 17.9 Å². The molecule has 1 aromatic heterocycles. The molecule has 1 N–H and O–H groups in total. The smallest absolute Gasteiger partial charge is 0.0960 e. The van der Waals surface area contributed by atoms with Gasteiger partial charge in [0.05, 0.1) is 24.4 Å². The average molecular weight is 259 g/mol. The van der Waals surface area contributed by atoms with E-state index in [2.05, 4.69) is 41.6 Å². The molecule has 0 amide bonds. The number of hydrogen-bond acceptors (Lipinski definition) is 3. The molecule has 1 atom stereocenters. The largest absolute Gasteiger partial charge is 0.373 e. The van der Waals surface area contributed by atoms with E-state index in [0.717, 1.165) is 25.4 Å². The Morgan fingerprint density at radius 3 is 3.11 bits per heavy atom. The second-order valence-electron chi connectivity index (χ2n) is 5.09. The first kappa shape index (κ1) is 12.6. The first-order valence-corrected chi connectivity index (χ1v) is 7.14. The number of aromatic nitrogens is 2. The summed E-state index contributed by atoms with van der Waals surface area (Å²) in [4.78, 5) is 0. The minimum absolute atomic E-state index is 0.527. The van der Waals surface area contributed by atoms with Crippen molar-refractivity contribution >= 4 is 10.9 Å². The van der Waals surface area contributed by atoms with Crippen molar-refractivity contribution in [3.8, 4) is 0 Å². The van der Waals surface area contributed by atoms with Crippen LogP contribution in [0.2, 0.25) is 0 Å². The number of aryl methyl sites for hydroxylation is 1. The maximum absolute atomic E-state index is 5.83. The minimum atomic E-state index is 0.527. The lowest BCUT2D eigenvalue weighted by atomic mass is 10.2. The molecule has 1 fully saturated rings. The summed E-state index contributed by atoms with van der Waals surface area (Å²) >= 11 is 0. The molecule has 0 radical (unpaired) electrons. The summed E-state index contributed by atoms with van der Waals surface area (Å²) in [5, 5.41) is 9.30. The Morgan fingerprint density at radius 1 is 1.42 bits per heavy atom. The molecule has 0 saturated carbocycles. The molecule has 1 aliphatic heterocycles. The Kier molecular flexibility index (Phi) is 3.80. The first-order chi connectivity index (χ1) is 9.38. The van der Waals surface area contributed by atoms with Crippen molar-refractivity contribution in [2.45, 2.75) is 39.0 Å². The number of nitrogens with zero attached hydrogens (tertiary/aromatic N) is 2. The lowest BCUT2D eigenvalue weighted by molar-refractivity contribution is 0.101. The van der Waals surface area contributed by atoms with Crippen LogP contribution in [-0.4, -0.2) is 29.0 Å². The van der Waals surface area contributed by atoms with E-state index in [4.69, 9.17) is 4.74 Å². The number of nitrogens with one attached hydrogen (secondary N) is 1. The van der Waals surface area contributed by atoms with Crippen LogP contribution in [0.3, 0.4) is 0 Å². The van der Waals surface area contributed by atoms with Crippen LogP contribution in [0.25, 0.3) is 10.9 Å². The number of para-hydroxylation sites is 1. The second kappa shape index (κ2) is 5.72. The summed E-state index contributed by atoms with van der Waals surface area (Å²) in [5.74, 6) is 0. The predicted molar refractivity (Wildman–Crippen MR) is 76.1 cm³/mol. The Balaban J connectivity index is 1.69. The van der Waals surface area contributed by atoms with Crippen molar-refractivity contribution in [3.63, 3.8) is 0 Å². The Morgan fingerprint density at radius 2 is 2.32 bits per heavy atom. The SMILES string of the molecule is CCn1nc(COCC2CCCN2)c2ccccc21. The normalized spacial score (nSPS) is 19.3. The van der Waals surface area contributed by atoms with Crippen LogP contribution >= 0.6 is 0 Å². The highest BCUT2D eigenvalue weighted by molar-refractivity contribution is 5.81. The van der Waals surface area contributed by atoms with Gasteiger partial charge in [0.1, 0.15) is 0 Å². The first-order valence-electron chi connectivity index (χ1n) is 7.14. The van der Waals surface area contributed by atoms with Gasteiger partial charge in [-0.25, -0.2) is 0 Å². The van der Waals surface area contributed by atoms with Gasteiger partial charge in [-0.1, -0.05) is 18.2 Å². The lowest BCUT2D eigenvalue weighted by Crippen LogP contribution is -2.26. The van der Waals surface area contributed by atoms with Gasteiger partial charge in [-0.3, -0.25) is 4.68 Å². The van der Waals surface area contributed by atoms with E-state index in [1.165, 1.54) is 23.7 Å². The fourth-order valence-corrected chi connectivity index (χ4v) is 2.74. The van der Waals surface area contributed by atoms with E-state index in [1.54, 1.807) is 0 Å². The van der Waals surface area contributed by atoms with Crippen molar-refractivity contribution in [2.75, 3.05) is 13.2 Å². The second-order valence-corrected chi connectivity index (χ2v) is 5.09. The van der Waals surface area contributed by atoms with Gasteiger partial charge in [-0.2, -0.15) is 5.10 Å². The summed E-state index contributed by atoms with van der Waals surface area (Å²) in [7, 11) is 0. The number of rotatable bonds is 5. The quantitative estimate of drug-likeness (QED) is 0.895. The highest BCUT2D eigenvalue weighted by atomic mass is 16.5. The molecule has 2 heterocycles. The van der Waals surface area contributed by atoms with Gasteiger partial charge in [0.2, 0.25) is 0 Å². The summed E-state index contributed by atoms with van der Waals surface area (Å²) in [6, 6.07) is 8.89. The molecular weight excluding hydrogens is 238 g/mol. The number of hydrogen-bond donors (Lipinski definition) is 1. The molecule has 2 aromatic rings. The molecular formula is C15H21N3O. The number of fused-ring (bicyclic) bond motifs is 1. The topological polar surface area (TPSA) is 39.1 Å². The fraction of sp³-hybridized carbons (Fsp3) is 0.533. The zero-order chi connectivity index (χ0) is 13.1. The Hall–Kier alpha value is -1.39. The molecule has 3 rings (SSSR count). The number of benzene rings is 1. The summed E-state index contributed by atoms with van der Waals surface area (Å²) < 4.78 is 7.87. The molecule has 1 unspecified atom stereocenters. The van der Waals surface area contributed by atoms with Crippen LogP contribution in [0.15, 0.2) is 24.3 Å². The summed E-state index contributed by atoms with van der Waals surface area (Å²) in [6.45, 7) is 5.53. The van der Waals surface area contributed by atoms with Gasteiger partial charge >= 0.3 is 0 Å². The number of ether oxygens (including phenoxy) is 1. The summed E-state index contributed by atoms with van der Waals surface area (Å²) in [5.41, 5.74) is 2.25. The molecule has 1 saturated heterocycles. The maximum Gasteiger partial charge on any atom is 0.0960 e. The van der Waals surface area contributed by atoms with Crippen LogP contribution in [0.5, 0.6) is 0 Å². The average Bonchev–Trinajstić information content (AvgIpc) is 3.07. The van der Waals surface area contributed by atoms with Crippen molar-refractivity contribution in [3.05, 3.63) is 30.0 Å². The maximum atomic E-state index is 5.83. The molecule has 19 heavy (non-hydrogen) atoms. The zero-order valence-corrected chi connectivity index (χ0v) is 11.4. The zero-order valence-electron chi connectivity index (χ0n) is 11.4. The highest BCUT2D eigenvalue weighted by Crippen LogP contribution is 2.19. The lowest BCUT2D eigenvalue weighted by Gasteiger charge is -2.09. The van der Waals surface area contributed by atoms with Gasteiger partial charge in [-0.05, 0) is 32.4 Å². The Labute approximate surface area is 113 Å². The van der Waals surface area contributed by atoms with Crippen molar-refractivity contribution in [1.82, 2.24) is 15.1 Å². The van der Waals surface area contributed by atoms with E-state index in [0.29, 0.717) is 12.6 Å². The van der Waals surface area contributed by atoms with Gasteiger partial charge in [0.25, 0.3) is 0 Å². The van der Waals surface area contributed by atoms with Gasteiger partial charge in [0.15, 0.2) is 0 Å². The standard InChI is InChI=1S/C15H21N3O/c1-2-18-15-8-4-3-7-13(15)14(17-18)11-19-10-12-6-5-9-16-12/h3-4,7-8,12,16H,2,5-6,9-11H2,1H3. The van der Waals surface area contributed by atoms with Gasteiger partial charge in [0, 0.05) is 18.0 Å². The van der Waals surface area contributed by atoms with Gasteiger partial charge in [-0.15, -0.1) is 0 Å². The van der Waals surface area contributed by atoms with E-state index in [9.17, 15) is 0 Å². The van der Waals surface area contributed by atoms with Crippen LogP contribution in [0, 0.1) is 0 Å². The molecule has 1 aromatic carbocycles. The third kappa shape index (κ3) is 2.65. The molecule has 4 nitrogen and oxygen atoms in total. The monoisotopic (exact) mass is 259 g/mol. The fourth-order valence-electron chi connectivity index (χ4n) is 2.74. The third-order valence-electron chi connectivity index (χ3n) is 3.75. The van der Waals surface area contributed by atoms with Crippen molar-refractivity contribution in [2.24, 2.45) is 0 Å². The van der Waals surface area contributed by atoms with Crippen molar-refractivity contribution < 1.29 is 4.74 Å².